The van der Waals surface area contributed by atoms with Gasteiger partial charge in [-0.25, -0.2) is 0 Å². The third kappa shape index (κ3) is 1.83. The van der Waals surface area contributed by atoms with Crippen molar-refractivity contribution in [1.29, 1.82) is 0 Å². The van der Waals surface area contributed by atoms with Crippen LogP contribution in [0.4, 0.5) is 0 Å². The van der Waals surface area contributed by atoms with Crippen molar-refractivity contribution in [3.8, 4) is 11.5 Å². The number of methoxy groups -OCH3 is 1. The van der Waals surface area contributed by atoms with Gasteiger partial charge >= 0.3 is 0 Å². The van der Waals surface area contributed by atoms with Gasteiger partial charge in [0.05, 0.1) is 12.1 Å². The molecule has 1 aliphatic carbocycles. The van der Waals surface area contributed by atoms with Crippen LogP contribution in [-0.4, -0.2) is 19.3 Å². The van der Waals surface area contributed by atoms with Gasteiger partial charge in [-0.15, -0.1) is 0 Å². The predicted molar refractivity (Wildman–Crippen MR) is 76.4 cm³/mol. The number of benzene rings is 1. The molecule has 0 radical (unpaired) electrons. The van der Waals surface area contributed by atoms with Crippen molar-refractivity contribution < 1.29 is 9.47 Å². The van der Waals surface area contributed by atoms with Gasteiger partial charge in [0, 0.05) is 23.4 Å². The third-order valence-corrected chi connectivity index (χ3v) is 4.93. The lowest BCUT2D eigenvalue weighted by atomic mass is 9.87. The van der Waals surface area contributed by atoms with Gasteiger partial charge in [-0.1, -0.05) is 11.6 Å². The molecule has 1 aromatic carbocycles. The Morgan fingerprint density at radius 2 is 2.21 bits per heavy atom. The maximum Gasteiger partial charge on any atom is 0.166 e. The summed E-state index contributed by atoms with van der Waals surface area (Å²) in [5.74, 6) is 1.59. The maximum atomic E-state index is 6.63. The largest absolute Gasteiger partial charge is 0.493 e. The number of ether oxygens (including phenoxy) is 2. The highest BCUT2D eigenvalue weighted by Crippen LogP contribution is 2.56. The van der Waals surface area contributed by atoms with Gasteiger partial charge in [-0.05, 0) is 38.3 Å². The van der Waals surface area contributed by atoms with Crippen LogP contribution in [0.25, 0.3) is 0 Å². The summed E-state index contributed by atoms with van der Waals surface area (Å²) >= 11 is 6.63. The Balaban J connectivity index is 2.16. The molecular weight excluding hydrogens is 262 g/mol. The van der Waals surface area contributed by atoms with E-state index in [1.807, 2.05) is 13.0 Å². The van der Waals surface area contributed by atoms with Crippen LogP contribution in [0.3, 0.4) is 0 Å². The van der Waals surface area contributed by atoms with Crippen LogP contribution in [-0.2, 0) is 11.8 Å². The number of halogens is 1. The second kappa shape index (κ2) is 4.29. The lowest BCUT2D eigenvalue weighted by molar-refractivity contribution is 0.243. The number of rotatable bonds is 3. The zero-order valence-electron chi connectivity index (χ0n) is 11.6. The van der Waals surface area contributed by atoms with E-state index in [4.69, 9.17) is 26.8 Å². The molecule has 2 unspecified atom stereocenters. The van der Waals surface area contributed by atoms with Crippen LogP contribution in [0.1, 0.15) is 37.8 Å². The lowest BCUT2D eigenvalue weighted by Crippen LogP contribution is -2.32. The number of fused-ring (bicyclic) bond motifs is 1. The number of hydrogen-bond donors (Lipinski definition) is 1. The van der Waals surface area contributed by atoms with Crippen molar-refractivity contribution in [2.24, 2.45) is 5.73 Å². The fourth-order valence-corrected chi connectivity index (χ4v) is 3.54. The second-order valence-electron chi connectivity index (χ2n) is 5.83. The van der Waals surface area contributed by atoms with Crippen LogP contribution in [0.15, 0.2) is 6.07 Å². The molecular formula is C15H20ClNO2. The number of nitrogens with two attached hydrogens (primary N) is 1. The molecule has 1 fully saturated rings. The fourth-order valence-electron chi connectivity index (χ4n) is 3.13. The normalized spacial score (nSPS) is 24.6. The van der Waals surface area contributed by atoms with Crippen LogP contribution in [0.2, 0.25) is 5.02 Å². The zero-order chi connectivity index (χ0) is 13.8. The van der Waals surface area contributed by atoms with Crippen LogP contribution in [0.5, 0.6) is 11.5 Å². The molecule has 19 heavy (non-hydrogen) atoms. The molecule has 2 aliphatic rings. The van der Waals surface area contributed by atoms with Crippen molar-refractivity contribution >= 4 is 11.6 Å². The smallest absolute Gasteiger partial charge is 0.166 e. The molecule has 1 aliphatic heterocycles. The maximum absolute atomic E-state index is 6.63. The topological polar surface area (TPSA) is 44.5 Å². The molecule has 1 heterocycles. The summed E-state index contributed by atoms with van der Waals surface area (Å²) in [5, 5.41) is 0.829. The van der Waals surface area contributed by atoms with E-state index in [-0.39, 0.29) is 17.6 Å². The standard InChI is InChI=1S/C15H20ClNO2/c1-8-6-10-13(16)11(15(4-5-15)9(2)17)7-12(18-3)14(10)19-8/h7-9H,4-6,17H2,1-3H3. The first-order valence-electron chi connectivity index (χ1n) is 6.81. The molecule has 0 amide bonds. The van der Waals surface area contributed by atoms with E-state index in [2.05, 4.69) is 6.92 Å². The van der Waals surface area contributed by atoms with Gasteiger partial charge in [-0.3, -0.25) is 0 Å². The molecule has 0 spiro atoms. The predicted octanol–water partition coefficient (Wildman–Crippen LogP) is 3.05. The molecule has 3 rings (SSSR count). The molecule has 2 atom stereocenters. The molecule has 4 heteroatoms. The van der Waals surface area contributed by atoms with Gasteiger partial charge in [0.2, 0.25) is 0 Å². The SMILES string of the molecule is COc1cc(C2(C(C)N)CC2)c(Cl)c2c1OC(C)C2. The summed E-state index contributed by atoms with van der Waals surface area (Å²) in [6.07, 6.45) is 3.20. The highest BCUT2D eigenvalue weighted by atomic mass is 35.5. The first-order chi connectivity index (χ1) is 8.99. The molecule has 1 saturated carbocycles. The second-order valence-corrected chi connectivity index (χ2v) is 6.20. The van der Waals surface area contributed by atoms with Crippen LogP contribution < -0.4 is 15.2 Å². The van der Waals surface area contributed by atoms with Crippen molar-refractivity contribution in [3.05, 3.63) is 22.2 Å². The van der Waals surface area contributed by atoms with E-state index < -0.39 is 0 Å². The Morgan fingerprint density at radius 1 is 1.53 bits per heavy atom. The van der Waals surface area contributed by atoms with E-state index in [0.717, 1.165) is 46.9 Å². The Labute approximate surface area is 119 Å². The molecule has 0 bridgehead atoms. The minimum absolute atomic E-state index is 0.0330. The quantitative estimate of drug-likeness (QED) is 0.926. The Hall–Kier alpha value is -0.930. The van der Waals surface area contributed by atoms with Gasteiger partial charge in [-0.2, -0.15) is 0 Å². The van der Waals surface area contributed by atoms with E-state index in [1.54, 1.807) is 7.11 Å². The highest BCUT2D eigenvalue weighted by Gasteiger charge is 2.50. The third-order valence-electron chi connectivity index (χ3n) is 4.50. The van der Waals surface area contributed by atoms with Crippen molar-refractivity contribution in [1.82, 2.24) is 0 Å². The minimum Gasteiger partial charge on any atom is -0.493 e. The van der Waals surface area contributed by atoms with Gasteiger partial charge in [0.25, 0.3) is 0 Å². The monoisotopic (exact) mass is 281 g/mol. The molecule has 3 nitrogen and oxygen atoms in total. The van der Waals surface area contributed by atoms with Crippen molar-refractivity contribution in [2.45, 2.75) is 50.7 Å². The molecule has 0 saturated heterocycles. The first kappa shape index (κ1) is 13.1. The van der Waals surface area contributed by atoms with Crippen LogP contribution in [0, 0.1) is 0 Å². The summed E-state index contributed by atoms with van der Waals surface area (Å²) in [7, 11) is 1.67. The Kier molecular flexibility index (Phi) is 2.95. The summed E-state index contributed by atoms with van der Waals surface area (Å²) < 4.78 is 11.3. The summed E-state index contributed by atoms with van der Waals surface area (Å²) in [6, 6.07) is 2.13. The molecule has 0 aromatic heterocycles. The van der Waals surface area contributed by atoms with Crippen molar-refractivity contribution in [3.63, 3.8) is 0 Å². The van der Waals surface area contributed by atoms with Crippen molar-refractivity contribution in [2.75, 3.05) is 7.11 Å². The van der Waals surface area contributed by atoms with E-state index in [0.29, 0.717) is 0 Å². The summed E-state index contributed by atoms with van der Waals surface area (Å²) in [4.78, 5) is 0. The molecule has 104 valence electrons. The first-order valence-corrected chi connectivity index (χ1v) is 7.19. The highest BCUT2D eigenvalue weighted by molar-refractivity contribution is 6.32. The van der Waals surface area contributed by atoms with E-state index in [1.165, 1.54) is 0 Å². The summed E-state index contributed by atoms with van der Waals surface area (Å²) in [6.45, 7) is 4.11. The minimum atomic E-state index is 0.0330. The van der Waals surface area contributed by atoms with E-state index >= 15 is 0 Å². The van der Waals surface area contributed by atoms with Gasteiger partial charge in [0.1, 0.15) is 6.10 Å². The fraction of sp³-hybridized carbons (Fsp3) is 0.600. The molecule has 1 aromatic rings. The zero-order valence-corrected chi connectivity index (χ0v) is 12.4. The lowest BCUT2D eigenvalue weighted by Gasteiger charge is -2.23. The van der Waals surface area contributed by atoms with Gasteiger partial charge in [0.15, 0.2) is 11.5 Å². The Morgan fingerprint density at radius 3 is 2.74 bits per heavy atom. The average molecular weight is 282 g/mol. The van der Waals surface area contributed by atoms with Gasteiger partial charge < -0.3 is 15.2 Å². The Bertz CT molecular complexity index is 523. The number of hydrogen-bond acceptors (Lipinski definition) is 3. The average Bonchev–Trinajstić information content (AvgIpc) is 3.07. The van der Waals surface area contributed by atoms with Crippen LogP contribution >= 0.6 is 11.6 Å². The molecule has 2 N–H and O–H groups in total. The van der Waals surface area contributed by atoms with E-state index in [9.17, 15) is 0 Å². The summed E-state index contributed by atoms with van der Waals surface area (Å²) in [5.41, 5.74) is 8.42.